The fourth-order valence-corrected chi connectivity index (χ4v) is 0.891. The first kappa shape index (κ1) is 9.88. The minimum absolute atomic E-state index is 0.126. The number of nitrogens with two attached hydrogens (primary N) is 1. The molecular formula is C7H10F3N3. The molecule has 0 aliphatic carbocycles. The fraction of sp³-hybridized carbons (Fsp3) is 0.571. The van der Waals surface area contributed by atoms with Crippen molar-refractivity contribution in [3.63, 3.8) is 0 Å². The lowest BCUT2D eigenvalue weighted by molar-refractivity contribution is -0.140. The Labute approximate surface area is 73.3 Å². The monoisotopic (exact) mass is 193 g/mol. The van der Waals surface area contributed by atoms with Crippen LogP contribution in [0.1, 0.15) is 25.6 Å². The Kier molecular flexibility index (Phi) is 2.23. The lowest BCUT2D eigenvalue weighted by Crippen LogP contribution is -2.10. The van der Waals surface area contributed by atoms with Crippen LogP contribution in [0, 0.1) is 0 Å². The largest absolute Gasteiger partial charge is 0.437 e. The molecule has 0 aromatic carbocycles. The molecule has 0 unspecified atom stereocenters. The van der Waals surface area contributed by atoms with Crippen LogP contribution in [0.25, 0.3) is 0 Å². The molecule has 1 rings (SSSR count). The van der Waals surface area contributed by atoms with E-state index in [0.29, 0.717) is 0 Å². The van der Waals surface area contributed by atoms with Crippen molar-refractivity contribution in [1.29, 1.82) is 0 Å². The zero-order valence-electron chi connectivity index (χ0n) is 7.26. The Morgan fingerprint density at radius 3 is 2.23 bits per heavy atom. The van der Waals surface area contributed by atoms with Gasteiger partial charge in [-0.3, -0.25) is 4.68 Å². The van der Waals surface area contributed by atoms with Crippen molar-refractivity contribution in [1.82, 2.24) is 9.78 Å². The molecule has 0 saturated carbocycles. The van der Waals surface area contributed by atoms with Crippen molar-refractivity contribution in [2.45, 2.75) is 26.1 Å². The Balaban J connectivity index is 3.11. The molecule has 13 heavy (non-hydrogen) atoms. The minimum Gasteiger partial charge on any atom is -0.396 e. The van der Waals surface area contributed by atoms with Crippen molar-refractivity contribution in [2.75, 3.05) is 5.73 Å². The van der Waals surface area contributed by atoms with Crippen molar-refractivity contribution >= 4 is 5.69 Å². The topological polar surface area (TPSA) is 43.8 Å². The van der Waals surface area contributed by atoms with E-state index in [2.05, 4.69) is 5.10 Å². The standard InChI is InChI=1S/C7H10F3N3/c1-4(2)13-3-5(11)6(12-13)7(8,9)10/h3-4H,11H2,1-2H3. The van der Waals surface area contributed by atoms with Gasteiger partial charge in [0.2, 0.25) is 0 Å². The summed E-state index contributed by atoms with van der Waals surface area (Å²) < 4.78 is 37.7. The van der Waals surface area contributed by atoms with Gasteiger partial charge >= 0.3 is 6.18 Å². The quantitative estimate of drug-likeness (QED) is 0.741. The number of anilines is 1. The second-order valence-electron chi connectivity index (χ2n) is 3.00. The maximum Gasteiger partial charge on any atom is 0.437 e. The smallest absolute Gasteiger partial charge is 0.396 e. The van der Waals surface area contributed by atoms with E-state index in [4.69, 9.17) is 5.73 Å². The molecule has 0 aliphatic heterocycles. The number of halogens is 3. The molecule has 1 aromatic rings. The van der Waals surface area contributed by atoms with Gasteiger partial charge < -0.3 is 5.73 Å². The first-order valence-corrected chi connectivity index (χ1v) is 3.74. The van der Waals surface area contributed by atoms with Crippen LogP contribution in [0.2, 0.25) is 0 Å². The Hall–Kier alpha value is -1.20. The summed E-state index contributed by atoms with van der Waals surface area (Å²) in [5.74, 6) is 0. The van der Waals surface area contributed by atoms with Crippen LogP contribution in [0.15, 0.2) is 6.20 Å². The lowest BCUT2D eigenvalue weighted by Gasteiger charge is -2.04. The van der Waals surface area contributed by atoms with Gasteiger partial charge in [0.25, 0.3) is 0 Å². The number of hydrogen-bond acceptors (Lipinski definition) is 2. The maximum absolute atomic E-state index is 12.2. The molecule has 0 radical (unpaired) electrons. The highest BCUT2D eigenvalue weighted by atomic mass is 19.4. The van der Waals surface area contributed by atoms with Gasteiger partial charge in [-0.15, -0.1) is 0 Å². The van der Waals surface area contributed by atoms with Gasteiger partial charge in [-0.05, 0) is 13.8 Å². The average Bonchev–Trinajstić information content (AvgIpc) is 2.29. The summed E-state index contributed by atoms with van der Waals surface area (Å²) in [6.07, 6.45) is -3.28. The van der Waals surface area contributed by atoms with Crippen molar-refractivity contribution in [3.8, 4) is 0 Å². The van der Waals surface area contributed by atoms with Gasteiger partial charge in [-0.1, -0.05) is 0 Å². The predicted molar refractivity (Wildman–Crippen MR) is 42.0 cm³/mol. The molecule has 1 heterocycles. The Morgan fingerprint density at radius 1 is 1.46 bits per heavy atom. The summed E-state index contributed by atoms with van der Waals surface area (Å²) in [6.45, 7) is 3.46. The highest BCUT2D eigenvalue weighted by molar-refractivity contribution is 5.42. The summed E-state index contributed by atoms with van der Waals surface area (Å²) in [5, 5.41) is 3.35. The van der Waals surface area contributed by atoms with Crippen molar-refractivity contribution in [2.24, 2.45) is 0 Å². The SMILES string of the molecule is CC(C)n1cc(N)c(C(F)(F)F)n1. The highest BCUT2D eigenvalue weighted by Crippen LogP contribution is 2.32. The predicted octanol–water partition coefficient (Wildman–Crippen LogP) is 2.06. The molecule has 2 N–H and O–H groups in total. The number of nitrogens with zero attached hydrogens (tertiary/aromatic N) is 2. The normalized spacial score (nSPS) is 12.5. The maximum atomic E-state index is 12.2. The number of hydrogen-bond donors (Lipinski definition) is 1. The van der Waals surface area contributed by atoms with E-state index in [-0.39, 0.29) is 11.7 Å². The van der Waals surface area contributed by atoms with Crippen LogP contribution >= 0.6 is 0 Å². The Morgan fingerprint density at radius 2 is 2.00 bits per heavy atom. The third-order valence-electron chi connectivity index (χ3n) is 1.56. The number of aromatic nitrogens is 2. The highest BCUT2D eigenvalue weighted by Gasteiger charge is 2.36. The van der Waals surface area contributed by atoms with Gasteiger partial charge in [-0.25, -0.2) is 0 Å². The number of alkyl halides is 3. The first-order valence-electron chi connectivity index (χ1n) is 3.74. The van der Waals surface area contributed by atoms with Crippen LogP contribution in [-0.4, -0.2) is 9.78 Å². The molecule has 0 aliphatic rings. The van der Waals surface area contributed by atoms with Crippen molar-refractivity contribution in [3.05, 3.63) is 11.9 Å². The van der Waals surface area contributed by atoms with E-state index in [1.54, 1.807) is 13.8 Å². The van der Waals surface area contributed by atoms with Gasteiger partial charge in [0.1, 0.15) is 0 Å². The molecule has 3 nitrogen and oxygen atoms in total. The molecular weight excluding hydrogens is 183 g/mol. The van der Waals surface area contributed by atoms with Crippen LogP contribution in [0.4, 0.5) is 18.9 Å². The molecule has 1 aromatic heterocycles. The summed E-state index contributed by atoms with van der Waals surface area (Å²) >= 11 is 0. The van der Waals surface area contributed by atoms with Gasteiger partial charge in [0, 0.05) is 12.2 Å². The molecule has 0 bridgehead atoms. The van der Waals surface area contributed by atoms with E-state index >= 15 is 0 Å². The van der Waals surface area contributed by atoms with Crippen LogP contribution in [0.5, 0.6) is 0 Å². The van der Waals surface area contributed by atoms with Crippen LogP contribution in [0.3, 0.4) is 0 Å². The molecule has 0 atom stereocenters. The number of rotatable bonds is 1. The minimum atomic E-state index is -4.47. The molecule has 0 saturated heterocycles. The average molecular weight is 193 g/mol. The first-order chi connectivity index (χ1) is 5.82. The number of nitrogen functional groups attached to an aromatic ring is 1. The fourth-order valence-electron chi connectivity index (χ4n) is 0.891. The van der Waals surface area contributed by atoms with Gasteiger partial charge in [0.15, 0.2) is 5.69 Å². The van der Waals surface area contributed by atoms with E-state index < -0.39 is 11.9 Å². The summed E-state index contributed by atoms with van der Waals surface area (Å²) in [5.41, 5.74) is 3.82. The van der Waals surface area contributed by atoms with E-state index in [1.807, 2.05) is 0 Å². The van der Waals surface area contributed by atoms with Crippen molar-refractivity contribution < 1.29 is 13.2 Å². The third kappa shape index (κ3) is 1.93. The molecule has 0 spiro atoms. The molecule has 0 amide bonds. The molecule has 74 valence electrons. The zero-order valence-corrected chi connectivity index (χ0v) is 7.26. The van der Waals surface area contributed by atoms with E-state index in [1.165, 1.54) is 10.9 Å². The summed E-state index contributed by atoms with van der Waals surface area (Å²) in [4.78, 5) is 0. The van der Waals surface area contributed by atoms with E-state index in [9.17, 15) is 13.2 Å². The van der Waals surface area contributed by atoms with Crippen LogP contribution < -0.4 is 5.73 Å². The summed E-state index contributed by atoms with van der Waals surface area (Å²) in [7, 11) is 0. The summed E-state index contributed by atoms with van der Waals surface area (Å²) in [6, 6.07) is -0.126. The second kappa shape index (κ2) is 2.93. The zero-order chi connectivity index (χ0) is 10.2. The third-order valence-corrected chi connectivity index (χ3v) is 1.56. The van der Waals surface area contributed by atoms with Gasteiger partial charge in [0.05, 0.1) is 5.69 Å². The van der Waals surface area contributed by atoms with Gasteiger partial charge in [-0.2, -0.15) is 18.3 Å². The Bertz CT molecular complexity index is 300. The van der Waals surface area contributed by atoms with E-state index in [0.717, 1.165) is 0 Å². The lowest BCUT2D eigenvalue weighted by atomic mass is 10.4. The van der Waals surface area contributed by atoms with Crippen LogP contribution in [-0.2, 0) is 6.18 Å². The molecule has 0 fully saturated rings. The second-order valence-corrected chi connectivity index (χ2v) is 3.00. The molecule has 6 heteroatoms.